The van der Waals surface area contributed by atoms with Crippen molar-refractivity contribution in [1.82, 2.24) is 5.16 Å². The topological polar surface area (TPSA) is 61.3 Å². The summed E-state index contributed by atoms with van der Waals surface area (Å²) in [7, 11) is 1.62. The van der Waals surface area contributed by atoms with E-state index < -0.39 is 5.60 Å². The fraction of sp³-hybridized carbons (Fsp3) is 0.625. The molecule has 0 fully saturated rings. The van der Waals surface area contributed by atoms with E-state index in [1.807, 2.05) is 13.8 Å². The lowest BCUT2D eigenvalue weighted by atomic mass is 9.97. The first-order valence-electron chi connectivity index (χ1n) is 3.81. The molecule has 12 heavy (non-hydrogen) atoms. The van der Waals surface area contributed by atoms with Crippen molar-refractivity contribution in [2.75, 3.05) is 13.7 Å². The van der Waals surface area contributed by atoms with Crippen molar-refractivity contribution >= 4 is 0 Å². The summed E-state index contributed by atoms with van der Waals surface area (Å²) >= 11 is 0. The molecule has 2 N–H and O–H groups in total. The Kier molecular flexibility index (Phi) is 2.49. The van der Waals surface area contributed by atoms with Crippen molar-refractivity contribution in [1.29, 1.82) is 0 Å². The zero-order chi connectivity index (χ0) is 9.19. The van der Waals surface area contributed by atoms with Crippen molar-refractivity contribution in [3.05, 3.63) is 17.5 Å². The minimum Gasteiger partial charge on any atom is -0.372 e. The highest BCUT2D eigenvalue weighted by molar-refractivity contribution is 5.20. The Bertz CT molecular complexity index is 253. The summed E-state index contributed by atoms with van der Waals surface area (Å²) in [5.41, 5.74) is 6.01. The van der Waals surface area contributed by atoms with Gasteiger partial charge >= 0.3 is 0 Å². The van der Waals surface area contributed by atoms with Gasteiger partial charge in [0.25, 0.3) is 0 Å². The maximum Gasteiger partial charge on any atom is 0.139 e. The lowest BCUT2D eigenvalue weighted by Gasteiger charge is -2.24. The molecule has 1 heterocycles. The van der Waals surface area contributed by atoms with Crippen molar-refractivity contribution in [3.63, 3.8) is 0 Å². The lowest BCUT2D eigenvalue weighted by Crippen LogP contribution is -2.33. The van der Waals surface area contributed by atoms with Crippen LogP contribution < -0.4 is 5.73 Å². The third-order valence-electron chi connectivity index (χ3n) is 2.16. The van der Waals surface area contributed by atoms with E-state index in [0.717, 1.165) is 11.3 Å². The SMILES string of the molecule is COC(C)(CN)c1cnoc1C. The second kappa shape index (κ2) is 3.25. The van der Waals surface area contributed by atoms with Crippen LogP contribution in [0, 0.1) is 6.92 Å². The van der Waals surface area contributed by atoms with Gasteiger partial charge in [0, 0.05) is 19.2 Å². The van der Waals surface area contributed by atoms with Gasteiger partial charge in [-0.05, 0) is 13.8 Å². The number of aryl methyl sites for hydroxylation is 1. The highest BCUT2D eigenvalue weighted by Crippen LogP contribution is 2.25. The van der Waals surface area contributed by atoms with Crippen LogP contribution in [0.15, 0.2) is 10.7 Å². The Morgan fingerprint density at radius 2 is 2.42 bits per heavy atom. The first-order valence-corrected chi connectivity index (χ1v) is 3.81. The predicted molar refractivity (Wildman–Crippen MR) is 44.7 cm³/mol. The Hall–Kier alpha value is -0.870. The molecule has 0 aliphatic carbocycles. The fourth-order valence-corrected chi connectivity index (χ4v) is 1.11. The van der Waals surface area contributed by atoms with Crippen LogP contribution in [-0.2, 0) is 10.3 Å². The first kappa shape index (κ1) is 9.22. The average Bonchev–Trinajstić information content (AvgIpc) is 2.51. The van der Waals surface area contributed by atoms with Gasteiger partial charge in [-0.25, -0.2) is 0 Å². The van der Waals surface area contributed by atoms with Gasteiger partial charge in [-0.1, -0.05) is 5.16 Å². The molecule has 0 aliphatic rings. The Morgan fingerprint density at radius 3 is 2.75 bits per heavy atom. The second-order valence-electron chi connectivity index (χ2n) is 2.93. The molecule has 68 valence electrons. The zero-order valence-corrected chi connectivity index (χ0v) is 7.63. The van der Waals surface area contributed by atoms with Crippen LogP contribution in [0.3, 0.4) is 0 Å². The quantitative estimate of drug-likeness (QED) is 0.729. The maximum absolute atomic E-state index is 5.58. The van der Waals surface area contributed by atoms with Gasteiger partial charge in [0.05, 0.1) is 6.20 Å². The van der Waals surface area contributed by atoms with Crippen LogP contribution in [0.5, 0.6) is 0 Å². The normalized spacial score (nSPS) is 16.0. The van der Waals surface area contributed by atoms with Gasteiger partial charge in [-0.3, -0.25) is 0 Å². The second-order valence-corrected chi connectivity index (χ2v) is 2.93. The number of methoxy groups -OCH3 is 1. The molecule has 4 heteroatoms. The molecular weight excluding hydrogens is 156 g/mol. The van der Waals surface area contributed by atoms with Crippen LogP contribution in [0.2, 0.25) is 0 Å². The number of nitrogens with two attached hydrogens (primary N) is 1. The molecule has 1 atom stereocenters. The summed E-state index contributed by atoms with van der Waals surface area (Å²) in [6.45, 7) is 4.16. The van der Waals surface area contributed by atoms with Crippen molar-refractivity contribution in [3.8, 4) is 0 Å². The summed E-state index contributed by atoms with van der Waals surface area (Å²) in [5, 5.41) is 3.67. The van der Waals surface area contributed by atoms with Crippen LogP contribution in [0.4, 0.5) is 0 Å². The molecular formula is C8H14N2O2. The number of rotatable bonds is 3. The molecule has 4 nitrogen and oxygen atoms in total. The summed E-state index contributed by atoms with van der Waals surface area (Å²) < 4.78 is 10.2. The highest BCUT2D eigenvalue weighted by Gasteiger charge is 2.28. The minimum absolute atomic E-state index is 0.408. The third-order valence-corrected chi connectivity index (χ3v) is 2.16. The zero-order valence-electron chi connectivity index (χ0n) is 7.63. The van der Waals surface area contributed by atoms with Crippen LogP contribution in [0.1, 0.15) is 18.2 Å². The molecule has 0 saturated heterocycles. The molecule has 1 rings (SSSR count). The molecule has 1 aromatic rings. The minimum atomic E-state index is -0.482. The smallest absolute Gasteiger partial charge is 0.139 e. The molecule has 0 bridgehead atoms. The number of aromatic nitrogens is 1. The van der Waals surface area contributed by atoms with E-state index in [0.29, 0.717) is 6.54 Å². The van der Waals surface area contributed by atoms with Gasteiger partial charge in [0.15, 0.2) is 0 Å². The number of hydrogen-bond acceptors (Lipinski definition) is 4. The standard InChI is InChI=1S/C8H14N2O2/c1-6-7(4-10-12-6)8(2,5-9)11-3/h4H,5,9H2,1-3H3. The number of ether oxygens (including phenoxy) is 1. The lowest BCUT2D eigenvalue weighted by molar-refractivity contribution is 0.00893. The highest BCUT2D eigenvalue weighted by atomic mass is 16.5. The average molecular weight is 170 g/mol. The predicted octanol–water partition coefficient (Wildman–Crippen LogP) is 0.803. The molecule has 0 saturated carbocycles. The van der Waals surface area contributed by atoms with E-state index >= 15 is 0 Å². The van der Waals surface area contributed by atoms with E-state index in [4.69, 9.17) is 15.0 Å². The van der Waals surface area contributed by atoms with E-state index in [2.05, 4.69) is 5.16 Å². The van der Waals surface area contributed by atoms with E-state index in [9.17, 15) is 0 Å². The van der Waals surface area contributed by atoms with Crippen molar-refractivity contribution < 1.29 is 9.26 Å². The van der Waals surface area contributed by atoms with Crippen LogP contribution in [0.25, 0.3) is 0 Å². The fourth-order valence-electron chi connectivity index (χ4n) is 1.11. The summed E-state index contributed by atoms with van der Waals surface area (Å²) in [5.74, 6) is 0.754. The summed E-state index contributed by atoms with van der Waals surface area (Å²) in [6, 6.07) is 0. The Labute approximate surface area is 71.7 Å². The van der Waals surface area contributed by atoms with Crippen molar-refractivity contribution in [2.45, 2.75) is 19.4 Å². The molecule has 1 unspecified atom stereocenters. The van der Waals surface area contributed by atoms with Gasteiger partial charge in [-0.15, -0.1) is 0 Å². The number of nitrogens with zero attached hydrogens (tertiary/aromatic N) is 1. The molecule has 0 spiro atoms. The molecule has 0 amide bonds. The Balaban J connectivity index is 3.02. The summed E-state index contributed by atoms with van der Waals surface area (Å²) in [4.78, 5) is 0. The molecule has 0 aliphatic heterocycles. The summed E-state index contributed by atoms with van der Waals surface area (Å²) in [6.07, 6.45) is 1.64. The van der Waals surface area contributed by atoms with Gasteiger partial charge in [-0.2, -0.15) is 0 Å². The van der Waals surface area contributed by atoms with Gasteiger partial charge in [0.2, 0.25) is 0 Å². The van der Waals surface area contributed by atoms with E-state index in [1.54, 1.807) is 13.3 Å². The van der Waals surface area contributed by atoms with Crippen LogP contribution >= 0.6 is 0 Å². The Morgan fingerprint density at radius 1 is 1.75 bits per heavy atom. The third kappa shape index (κ3) is 1.35. The maximum atomic E-state index is 5.58. The van der Waals surface area contributed by atoms with Gasteiger partial charge < -0.3 is 15.0 Å². The van der Waals surface area contributed by atoms with E-state index in [1.165, 1.54) is 0 Å². The first-order chi connectivity index (χ1) is 5.64. The van der Waals surface area contributed by atoms with Crippen LogP contribution in [-0.4, -0.2) is 18.8 Å². The molecule has 0 aromatic carbocycles. The molecule has 0 radical (unpaired) electrons. The van der Waals surface area contributed by atoms with Gasteiger partial charge in [0.1, 0.15) is 11.4 Å². The number of hydrogen-bond donors (Lipinski definition) is 1. The monoisotopic (exact) mass is 170 g/mol. The van der Waals surface area contributed by atoms with E-state index in [-0.39, 0.29) is 0 Å². The van der Waals surface area contributed by atoms with Crippen molar-refractivity contribution in [2.24, 2.45) is 5.73 Å². The molecule has 1 aromatic heterocycles. The largest absolute Gasteiger partial charge is 0.372 e.